The molecule has 0 aliphatic heterocycles. The van der Waals surface area contributed by atoms with Gasteiger partial charge in [0.05, 0.1) is 10.6 Å². The van der Waals surface area contributed by atoms with Crippen LogP contribution in [0.25, 0.3) is 10.7 Å². The molecule has 94 valence electrons. The van der Waals surface area contributed by atoms with Crippen LogP contribution in [0, 0.1) is 0 Å². The first-order valence-electron chi connectivity index (χ1n) is 5.65. The molecule has 3 rings (SSSR count). The second-order valence-electron chi connectivity index (χ2n) is 4.14. The lowest BCUT2D eigenvalue weighted by molar-refractivity contribution is -0.115. The summed E-state index contributed by atoms with van der Waals surface area (Å²) in [6.07, 6.45) is 2.31. The van der Waals surface area contributed by atoms with E-state index in [1.165, 1.54) is 11.8 Å². The molecule has 1 aliphatic carbocycles. The van der Waals surface area contributed by atoms with E-state index in [1.54, 1.807) is 11.3 Å². The van der Waals surface area contributed by atoms with E-state index in [4.69, 9.17) is 5.73 Å². The van der Waals surface area contributed by atoms with Crippen LogP contribution in [0.5, 0.6) is 0 Å². The fraction of sp³-hybridized carbons (Fsp3) is 0.364. The van der Waals surface area contributed by atoms with Crippen LogP contribution in [-0.4, -0.2) is 26.4 Å². The quantitative estimate of drug-likeness (QED) is 0.849. The van der Waals surface area contributed by atoms with Crippen LogP contribution in [0.1, 0.15) is 18.9 Å². The molecule has 2 aromatic heterocycles. The summed E-state index contributed by atoms with van der Waals surface area (Å²) in [5, 5.41) is 11.2. The summed E-state index contributed by atoms with van der Waals surface area (Å²) in [7, 11) is 0. The topological polar surface area (TPSA) is 73.8 Å². The number of primary amides is 1. The highest BCUT2D eigenvalue weighted by Crippen LogP contribution is 2.41. The summed E-state index contributed by atoms with van der Waals surface area (Å²) in [6, 6.07) is 4.52. The van der Waals surface area contributed by atoms with E-state index >= 15 is 0 Å². The van der Waals surface area contributed by atoms with Gasteiger partial charge in [0.2, 0.25) is 5.91 Å². The van der Waals surface area contributed by atoms with Gasteiger partial charge in [-0.3, -0.25) is 9.36 Å². The van der Waals surface area contributed by atoms with Gasteiger partial charge in [-0.05, 0) is 24.3 Å². The summed E-state index contributed by atoms with van der Waals surface area (Å²) in [5.74, 6) is 0.817. The molecule has 2 heterocycles. The molecule has 5 nitrogen and oxygen atoms in total. The van der Waals surface area contributed by atoms with Crippen molar-refractivity contribution in [3.63, 3.8) is 0 Å². The average Bonchev–Trinajstić information content (AvgIpc) is 2.90. The van der Waals surface area contributed by atoms with E-state index in [-0.39, 0.29) is 11.7 Å². The molecule has 0 unspecified atom stereocenters. The summed E-state index contributed by atoms with van der Waals surface area (Å²) in [6.45, 7) is 0. The van der Waals surface area contributed by atoms with Crippen LogP contribution in [0.4, 0.5) is 0 Å². The van der Waals surface area contributed by atoms with E-state index in [2.05, 4.69) is 14.8 Å². The number of hydrogen-bond acceptors (Lipinski definition) is 5. The molecule has 1 fully saturated rings. The maximum absolute atomic E-state index is 10.9. The molecule has 2 aromatic rings. The lowest BCUT2D eigenvalue weighted by Gasteiger charge is -2.06. The number of thioether (sulfide) groups is 1. The van der Waals surface area contributed by atoms with Crippen molar-refractivity contribution in [1.82, 2.24) is 14.8 Å². The Hall–Kier alpha value is -1.34. The molecule has 18 heavy (non-hydrogen) atoms. The monoisotopic (exact) mass is 280 g/mol. The summed E-state index contributed by atoms with van der Waals surface area (Å²) < 4.78 is 2.14. The van der Waals surface area contributed by atoms with Gasteiger partial charge < -0.3 is 5.73 Å². The molecule has 0 bridgehead atoms. The zero-order chi connectivity index (χ0) is 12.5. The van der Waals surface area contributed by atoms with E-state index in [9.17, 15) is 4.79 Å². The van der Waals surface area contributed by atoms with E-state index in [0.717, 1.165) is 28.7 Å². The number of amides is 1. The van der Waals surface area contributed by atoms with Crippen molar-refractivity contribution < 1.29 is 4.79 Å². The van der Waals surface area contributed by atoms with Crippen LogP contribution in [0.15, 0.2) is 22.7 Å². The third kappa shape index (κ3) is 2.28. The largest absolute Gasteiger partial charge is 0.369 e. The Kier molecular flexibility index (Phi) is 3.09. The third-order valence-electron chi connectivity index (χ3n) is 2.66. The second kappa shape index (κ2) is 4.74. The van der Waals surface area contributed by atoms with E-state index < -0.39 is 0 Å². The van der Waals surface area contributed by atoms with Gasteiger partial charge >= 0.3 is 0 Å². The van der Waals surface area contributed by atoms with Crippen molar-refractivity contribution in [2.24, 2.45) is 5.73 Å². The number of rotatable bonds is 5. The number of aromatic nitrogens is 3. The smallest absolute Gasteiger partial charge is 0.227 e. The predicted molar refractivity (Wildman–Crippen MR) is 71.5 cm³/mol. The Bertz CT molecular complexity index is 560. The van der Waals surface area contributed by atoms with Crippen molar-refractivity contribution in [3.05, 3.63) is 17.5 Å². The van der Waals surface area contributed by atoms with Crippen molar-refractivity contribution in [3.8, 4) is 10.7 Å². The first-order chi connectivity index (χ1) is 8.75. The number of nitrogens with two attached hydrogens (primary N) is 1. The Morgan fingerprint density at radius 3 is 3.00 bits per heavy atom. The van der Waals surface area contributed by atoms with Crippen LogP contribution < -0.4 is 5.73 Å². The Morgan fingerprint density at radius 1 is 1.56 bits per heavy atom. The van der Waals surface area contributed by atoms with Gasteiger partial charge in [-0.15, -0.1) is 21.5 Å². The van der Waals surface area contributed by atoms with Gasteiger partial charge in [-0.2, -0.15) is 0 Å². The zero-order valence-electron chi connectivity index (χ0n) is 9.57. The molecule has 1 amide bonds. The summed E-state index contributed by atoms with van der Waals surface area (Å²) in [4.78, 5) is 12.0. The Labute approximate surface area is 112 Å². The molecule has 2 N–H and O–H groups in total. The minimum Gasteiger partial charge on any atom is -0.369 e. The Morgan fingerprint density at radius 2 is 2.39 bits per heavy atom. The van der Waals surface area contributed by atoms with Crippen molar-refractivity contribution in [1.29, 1.82) is 0 Å². The number of nitrogens with zero attached hydrogens (tertiary/aromatic N) is 3. The molecule has 7 heteroatoms. The number of hydrogen-bond donors (Lipinski definition) is 1. The van der Waals surface area contributed by atoms with Gasteiger partial charge in [0.25, 0.3) is 0 Å². The number of thiophene rings is 1. The Balaban J connectivity index is 1.93. The molecule has 1 aliphatic rings. The van der Waals surface area contributed by atoms with Gasteiger partial charge in [0.15, 0.2) is 11.0 Å². The zero-order valence-corrected chi connectivity index (χ0v) is 11.2. The molecule has 0 atom stereocenters. The van der Waals surface area contributed by atoms with E-state index in [0.29, 0.717) is 6.04 Å². The molecular weight excluding hydrogens is 268 g/mol. The normalized spacial score (nSPS) is 14.9. The van der Waals surface area contributed by atoms with Gasteiger partial charge in [0.1, 0.15) is 0 Å². The number of carbonyl (C=O) groups excluding carboxylic acids is 1. The van der Waals surface area contributed by atoms with Crippen molar-refractivity contribution in [2.45, 2.75) is 24.0 Å². The molecule has 0 saturated heterocycles. The molecule has 1 saturated carbocycles. The number of carbonyl (C=O) groups is 1. The van der Waals surface area contributed by atoms with Gasteiger partial charge in [0, 0.05) is 6.04 Å². The first kappa shape index (κ1) is 11.7. The van der Waals surface area contributed by atoms with Gasteiger partial charge in [-0.1, -0.05) is 17.8 Å². The average molecular weight is 280 g/mol. The minimum absolute atomic E-state index is 0.245. The predicted octanol–water partition coefficient (Wildman–Crippen LogP) is 1.92. The first-order valence-corrected chi connectivity index (χ1v) is 7.52. The standard InChI is InChI=1S/C11H12N4OS2/c12-9(16)6-18-11-14-13-10(8-2-1-5-17-8)15(11)7-3-4-7/h1-2,5,7H,3-4,6H2,(H2,12,16). The summed E-state index contributed by atoms with van der Waals surface area (Å²) in [5.41, 5.74) is 5.17. The lowest BCUT2D eigenvalue weighted by atomic mass is 10.4. The SMILES string of the molecule is NC(=O)CSc1nnc(-c2cccs2)n1C1CC1. The fourth-order valence-electron chi connectivity index (χ4n) is 1.75. The van der Waals surface area contributed by atoms with Crippen molar-refractivity contribution >= 4 is 29.0 Å². The van der Waals surface area contributed by atoms with Crippen molar-refractivity contribution in [2.75, 3.05) is 5.75 Å². The fourth-order valence-corrected chi connectivity index (χ4v) is 3.20. The molecular formula is C11H12N4OS2. The molecule has 0 radical (unpaired) electrons. The van der Waals surface area contributed by atoms with Crippen LogP contribution in [-0.2, 0) is 4.79 Å². The second-order valence-corrected chi connectivity index (χ2v) is 6.03. The van der Waals surface area contributed by atoms with Gasteiger partial charge in [-0.25, -0.2) is 0 Å². The lowest BCUT2D eigenvalue weighted by Crippen LogP contribution is -2.13. The molecule has 0 spiro atoms. The van der Waals surface area contributed by atoms with Crippen LogP contribution in [0.2, 0.25) is 0 Å². The van der Waals surface area contributed by atoms with Crippen LogP contribution >= 0.6 is 23.1 Å². The summed E-state index contributed by atoms with van der Waals surface area (Å²) >= 11 is 3.01. The maximum Gasteiger partial charge on any atom is 0.227 e. The highest BCUT2D eigenvalue weighted by atomic mass is 32.2. The third-order valence-corrected chi connectivity index (χ3v) is 4.49. The highest BCUT2D eigenvalue weighted by Gasteiger charge is 2.30. The van der Waals surface area contributed by atoms with Crippen LogP contribution in [0.3, 0.4) is 0 Å². The minimum atomic E-state index is -0.331. The molecule has 0 aromatic carbocycles. The highest BCUT2D eigenvalue weighted by molar-refractivity contribution is 7.99. The maximum atomic E-state index is 10.9. The van der Waals surface area contributed by atoms with E-state index in [1.807, 2.05) is 17.5 Å².